The van der Waals surface area contributed by atoms with Gasteiger partial charge in [-0.3, -0.25) is 0 Å². The normalized spacial score (nSPS) is 27.4. The minimum Gasteiger partial charge on any atom is -0.321 e. The lowest BCUT2D eigenvalue weighted by atomic mass is 9.74. The largest absolute Gasteiger partial charge is 0.321 e. The van der Waals surface area contributed by atoms with Crippen LogP contribution in [0.1, 0.15) is 46.9 Å². The lowest BCUT2D eigenvalue weighted by molar-refractivity contribution is 0.281. The Bertz CT molecular complexity index is 535. The molecular formula is C17H21NS. The summed E-state index contributed by atoms with van der Waals surface area (Å²) in [5, 5.41) is 0. The number of hydrogen-bond donors (Lipinski definition) is 1. The number of rotatable bonds is 2. The van der Waals surface area contributed by atoms with Gasteiger partial charge in [0, 0.05) is 9.75 Å². The summed E-state index contributed by atoms with van der Waals surface area (Å²) in [6, 6.07) is 15.3. The van der Waals surface area contributed by atoms with Crippen molar-refractivity contribution in [3.8, 4) is 0 Å². The Labute approximate surface area is 119 Å². The van der Waals surface area contributed by atoms with E-state index < -0.39 is 0 Å². The second kappa shape index (κ2) is 5.10. The summed E-state index contributed by atoms with van der Waals surface area (Å²) in [6.07, 6.45) is 4.62. The van der Waals surface area contributed by atoms with Crippen LogP contribution in [-0.4, -0.2) is 0 Å². The fourth-order valence-electron chi connectivity index (χ4n) is 3.14. The van der Waals surface area contributed by atoms with E-state index in [0.717, 1.165) is 12.8 Å². The molecule has 1 aliphatic rings. The van der Waals surface area contributed by atoms with E-state index in [1.807, 2.05) is 11.3 Å². The van der Waals surface area contributed by atoms with E-state index in [9.17, 15) is 0 Å². The summed E-state index contributed by atoms with van der Waals surface area (Å²) in [7, 11) is 0. The molecule has 0 spiro atoms. The molecule has 1 aromatic heterocycles. The van der Waals surface area contributed by atoms with Gasteiger partial charge in [-0.15, -0.1) is 11.3 Å². The first-order valence-corrected chi connectivity index (χ1v) is 7.90. The Morgan fingerprint density at radius 3 is 2.32 bits per heavy atom. The fraction of sp³-hybridized carbons (Fsp3) is 0.412. The zero-order valence-corrected chi connectivity index (χ0v) is 12.2. The van der Waals surface area contributed by atoms with Gasteiger partial charge in [0.25, 0.3) is 0 Å². The maximum absolute atomic E-state index is 6.64. The summed E-state index contributed by atoms with van der Waals surface area (Å²) >= 11 is 1.87. The zero-order valence-electron chi connectivity index (χ0n) is 11.4. The van der Waals surface area contributed by atoms with Gasteiger partial charge in [0.1, 0.15) is 0 Å². The van der Waals surface area contributed by atoms with Gasteiger partial charge >= 0.3 is 0 Å². The maximum atomic E-state index is 6.64. The Morgan fingerprint density at radius 1 is 1.05 bits per heavy atom. The predicted molar refractivity (Wildman–Crippen MR) is 82.6 cm³/mol. The standard InChI is InChI=1S/C17H21NS/c1-13-7-8-16(19-13)17(18)11-9-15(10-12-17)14-5-3-2-4-6-14/h2-8,15H,9-12,18H2,1H3. The summed E-state index contributed by atoms with van der Waals surface area (Å²) in [5.74, 6) is 0.693. The Hall–Kier alpha value is -1.12. The highest BCUT2D eigenvalue weighted by Crippen LogP contribution is 2.43. The number of benzene rings is 1. The van der Waals surface area contributed by atoms with Crippen molar-refractivity contribution in [2.75, 3.05) is 0 Å². The SMILES string of the molecule is Cc1ccc(C2(N)CCC(c3ccccc3)CC2)s1. The van der Waals surface area contributed by atoms with E-state index in [0.29, 0.717) is 5.92 Å². The molecule has 0 amide bonds. The molecule has 1 fully saturated rings. The van der Waals surface area contributed by atoms with Crippen LogP contribution in [0.3, 0.4) is 0 Å². The third-order valence-electron chi connectivity index (χ3n) is 4.38. The zero-order chi connectivity index (χ0) is 13.3. The van der Waals surface area contributed by atoms with Gasteiger partial charge in [-0.1, -0.05) is 30.3 Å². The number of aryl methyl sites for hydroxylation is 1. The van der Waals surface area contributed by atoms with Crippen LogP contribution in [0.2, 0.25) is 0 Å². The van der Waals surface area contributed by atoms with Crippen LogP contribution >= 0.6 is 11.3 Å². The van der Waals surface area contributed by atoms with E-state index in [4.69, 9.17) is 5.73 Å². The van der Waals surface area contributed by atoms with Crippen molar-refractivity contribution in [2.45, 2.75) is 44.1 Å². The highest BCUT2D eigenvalue weighted by Gasteiger charge is 2.34. The molecule has 2 heteroatoms. The van der Waals surface area contributed by atoms with Crippen molar-refractivity contribution in [1.82, 2.24) is 0 Å². The minimum atomic E-state index is -0.0792. The first-order chi connectivity index (χ1) is 9.17. The molecule has 0 bridgehead atoms. The summed E-state index contributed by atoms with van der Waals surface area (Å²) in [5.41, 5.74) is 8.04. The monoisotopic (exact) mass is 271 g/mol. The molecule has 0 aliphatic heterocycles. The van der Waals surface area contributed by atoms with E-state index >= 15 is 0 Å². The van der Waals surface area contributed by atoms with Crippen LogP contribution in [0, 0.1) is 6.92 Å². The van der Waals surface area contributed by atoms with Crippen LogP contribution in [0.5, 0.6) is 0 Å². The minimum absolute atomic E-state index is 0.0792. The molecule has 19 heavy (non-hydrogen) atoms. The average Bonchev–Trinajstić information content (AvgIpc) is 2.88. The average molecular weight is 271 g/mol. The highest BCUT2D eigenvalue weighted by atomic mass is 32.1. The highest BCUT2D eigenvalue weighted by molar-refractivity contribution is 7.12. The van der Waals surface area contributed by atoms with Crippen LogP contribution in [-0.2, 0) is 5.54 Å². The maximum Gasteiger partial charge on any atom is 0.0504 e. The molecule has 1 aromatic carbocycles. The predicted octanol–water partition coefficient (Wildman–Crippen LogP) is 4.57. The van der Waals surface area contributed by atoms with Gasteiger partial charge in [0.15, 0.2) is 0 Å². The van der Waals surface area contributed by atoms with Crippen LogP contribution in [0.25, 0.3) is 0 Å². The van der Waals surface area contributed by atoms with Crippen molar-refractivity contribution in [3.05, 3.63) is 57.8 Å². The Balaban J connectivity index is 1.72. The van der Waals surface area contributed by atoms with Crippen molar-refractivity contribution in [2.24, 2.45) is 5.73 Å². The molecule has 100 valence electrons. The smallest absolute Gasteiger partial charge is 0.0504 e. The molecule has 1 heterocycles. The second-order valence-electron chi connectivity index (χ2n) is 5.75. The van der Waals surface area contributed by atoms with Gasteiger partial charge in [-0.05, 0) is 56.2 Å². The van der Waals surface area contributed by atoms with Crippen LogP contribution in [0.15, 0.2) is 42.5 Å². The molecule has 1 aliphatic carbocycles. The number of hydrogen-bond acceptors (Lipinski definition) is 2. The molecular weight excluding hydrogens is 250 g/mol. The van der Waals surface area contributed by atoms with E-state index in [1.165, 1.54) is 28.2 Å². The van der Waals surface area contributed by atoms with E-state index in [-0.39, 0.29) is 5.54 Å². The lowest BCUT2D eigenvalue weighted by Gasteiger charge is -2.36. The molecule has 3 rings (SSSR count). The van der Waals surface area contributed by atoms with Gasteiger partial charge in [0.2, 0.25) is 0 Å². The Kier molecular flexibility index (Phi) is 3.46. The quantitative estimate of drug-likeness (QED) is 0.851. The van der Waals surface area contributed by atoms with Crippen molar-refractivity contribution in [3.63, 3.8) is 0 Å². The first-order valence-electron chi connectivity index (χ1n) is 7.08. The molecule has 0 saturated heterocycles. The molecule has 1 nitrogen and oxygen atoms in total. The molecule has 2 aromatic rings. The van der Waals surface area contributed by atoms with Gasteiger partial charge in [-0.2, -0.15) is 0 Å². The fourth-order valence-corrected chi connectivity index (χ4v) is 4.17. The van der Waals surface area contributed by atoms with Crippen molar-refractivity contribution in [1.29, 1.82) is 0 Å². The van der Waals surface area contributed by atoms with Crippen LogP contribution < -0.4 is 5.73 Å². The molecule has 2 N–H and O–H groups in total. The third-order valence-corrected chi connectivity index (χ3v) is 5.60. The second-order valence-corrected chi connectivity index (χ2v) is 7.04. The number of nitrogens with two attached hydrogens (primary N) is 1. The molecule has 0 radical (unpaired) electrons. The van der Waals surface area contributed by atoms with Crippen LogP contribution in [0.4, 0.5) is 0 Å². The summed E-state index contributed by atoms with van der Waals surface area (Å²) in [6.45, 7) is 2.16. The Morgan fingerprint density at radius 2 is 1.74 bits per heavy atom. The van der Waals surface area contributed by atoms with Gasteiger partial charge in [0.05, 0.1) is 5.54 Å². The van der Waals surface area contributed by atoms with Gasteiger partial charge in [-0.25, -0.2) is 0 Å². The summed E-state index contributed by atoms with van der Waals surface area (Å²) < 4.78 is 0. The number of thiophene rings is 1. The van der Waals surface area contributed by atoms with Crippen molar-refractivity contribution >= 4 is 11.3 Å². The topological polar surface area (TPSA) is 26.0 Å². The van der Waals surface area contributed by atoms with E-state index in [2.05, 4.69) is 49.4 Å². The van der Waals surface area contributed by atoms with Crippen molar-refractivity contribution < 1.29 is 0 Å². The lowest BCUT2D eigenvalue weighted by Crippen LogP contribution is -2.39. The molecule has 0 unspecified atom stereocenters. The third kappa shape index (κ3) is 2.60. The first kappa shape index (κ1) is 12.9. The summed E-state index contributed by atoms with van der Waals surface area (Å²) in [4.78, 5) is 2.74. The molecule has 0 atom stereocenters. The van der Waals surface area contributed by atoms with E-state index in [1.54, 1.807) is 0 Å². The molecule has 1 saturated carbocycles. The van der Waals surface area contributed by atoms with Gasteiger partial charge < -0.3 is 5.73 Å².